The third kappa shape index (κ3) is 6.61. The monoisotopic (exact) mass is 466 g/mol. The molecule has 0 unspecified atom stereocenters. The molecule has 182 valence electrons. The summed E-state index contributed by atoms with van der Waals surface area (Å²) in [4.78, 5) is 36.7. The highest BCUT2D eigenvalue weighted by Crippen LogP contribution is 2.26. The van der Waals surface area contributed by atoms with Gasteiger partial charge in [-0.2, -0.15) is 0 Å². The van der Waals surface area contributed by atoms with Crippen LogP contribution < -0.4 is 16.2 Å². The summed E-state index contributed by atoms with van der Waals surface area (Å²) in [6.45, 7) is 6.90. The average molecular weight is 467 g/mol. The van der Waals surface area contributed by atoms with E-state index in [4.69, 9.17) is 0 Å². The molecule has 0 aliphatic heterocycles. The summed E-state index contributed by atoms with van der Waals surface area (Å²) in [5, 5.41) is 16.9. The first-order chi connectivity index (χ1) is 16.1. The van der Waals surface area contributed by atoms with Crippen molar-refractivity contribution in [1.82, 2.24) is 19.4 Å². The highest BCUT2D eigenvalue weighted by Gasteiger charge is 2.17. The number of Topliss-reactive ketones (excluding diaryl/α,β-unsaturated/α-hetero) is 1. The van der Waals surface area contributed by atoms with Crippen LogP contribution in [-0.2, 0) is 6.54 Å². The second kappa shape index (κ2) is 10.8. The minimum Gasteiger partial charge on any atom is -0.395 e. The molecule has 0 aliphatic rings. The molecule has 3 aromatic rings. The zero-order valence-corrected chi connectivity index (χ0v) is 20.6. The van der Waals surface area contributed by atoms with Crippen LogP contribution in [0.25, 0.3) is 10.8 Å². The maximum Gasteiger partial charge on any atom is 0.262 e. The molecule has 3 N–H and O–H groups in total. The molecule has 0 aromatic carbocycles. The van der Waals surface area contributed by atoms with Crippen LogP contribution in [0.3, 0.4) is 0 Å². The Bertz CT molecular complexity index is 1210. The van der Waals surface area contributed by atoms with Crippen molar-refractivity contribution in [2.75, 3.05) is 37.9 Å². The summed E-state index contributed by atoms with van der Waals surface area (Å²) in [5.74, 6) is 1.52. The summed E-state index contributed by atoms with van der Waals surface area (Å²) >= 11 is 0. The smallest absolute Gasteiger partial charge is 0.262 e. The molecule has 0 saturated carbocycles. The van der Waals surface area contributed by atoms with Gasteiger partial charge in [0.15, 0.2) is 5.78 Å². The maximum absolute atomic E-state index is 13.0. The molecule has 0 saturated heterocycles. The van der Waals surface area contributed by atoms with Gasteiger partial charge in [0, 0.05) is 36.5 Å². The standard InChI is InChI=1S/C25H34N6O3/c1-25(2,3)29-23-22-18(9-12-31(13-14-32)24(22)34)16-21(28-23)27-20-15-17(8-10-26-20)19(33)7-6-11-30(4)5/h8-10,12,15-16,32H,6-7,11,13-14H2,1-5H3,(H2,26,27,28,29). The second-order valence-corrected chi connectivity index (χ2v) is 9.62. The molecule has 0 spiro atoms. The molecule has 3 aromatic heterocycles. The summed E-state index contributed by atoms with van der Waals surface area (Å²) in [6, 6.07) is 7.04. The molecule has 9 heteroatoms. The SMILES string of the molecule is CN(C)CCCC(=O)c1ccnc(Nc2cc3ccn(CCO)c(=O)c3c(NC(C)(C)C)n2)c1. The number of aliphatic hydroxyl groups is 1. The average Bonchev–Trinajstić information content (AvgIpc) is 2.74. The quantitative estimate of drug-likeness (QED) is 0.390. The predicted octanol–water partition coefficient (Wildman–Crippen LogP) is 3.26. The topological polar surface area (TPSA) is 112 Å². The Balaban J connectivity index is 1.94. The first-order valence-electron chi connectivity index (χ1n) is 11.4. The lowest BCUT2D eigenvalue weighted by atomic mass is 10.1. The largest absolute Gasteiger partial charge is 0.395 e. The van der Waals surface area contributed by atoms with Gasteiger partial charge in [0.25, 0.3) is 5.56 Å². The van der Waals surface area contributed by atoms with Crippen molar-refractivity contribution in [2.24, 2.45) is 0 Å². The zero-order valence-electron chi connectivity index (χ0n) is 20.6. The molecular weight excluding hydrogens is 432 g/mol. The summed E-state index contributed by atoms with van der Waals surface area (Å²) < 4.78 is 1.47. The Morgan fingerprint density at radius 3 is 2.62 bits per heavy atom. The molecule has 3 heterocycles. The van der Waals surface area contributed by atoms with Gasteiger partial charge in [0.05, 0.1) is 12.0 Å². The van der Waals surface area contributed by atoms with Crippen molar-refractivity contribution < 1.29 is 9.90 Å². The summed E-state index contributed by atoms with van der Waals surface area (Å²) in [6.07, 6.45) is 4.52. The highest BCUT2D eigenvalue weighted by molar-refractivity contribution is 5.97. The number of nitrogens with one attached hydrogen (secondary N) is 2. The molecule has 3 rings (SSSR count). The fraction of sp³-hybridized carbons (Fsp3) is 0.440. The number of hydrogen-bond donors (Lipinski definition) is 3. The molecule has 9 nitrogen and oxygen atoms in total. The van der Waals surface area contributed by atoms with E-state index >= 15 is 0 Å². The van der Waals surface area contributed by atoms with Crippen LogP contribution in [0.5, 0.6) is 0 Å². The number of nitrogens with zero attached hydrogens (tertiary/aromatic N) is 4. The van der Waals surface area contributed by atoms with Crippen LogP contribution in [-0.4, -0.2) is 63.1 Å². The van der Waals surface area contributed by atoms with Crippen molar-refractivity contribution in [3.63, 3.8) is 0 Å². The molecule has 0 fully saturated rings. The zero-order chi connectivity index (χ0) is 24.9. The van der Waals surface area contributed by atoms with Gasteiger partial charge >= 0.3 is 0 Å². The van der Waals surface area contributed by atoms with Crippen LogP contribution in [0.15, 0.2) is 41.5 Å². The molecule has 0 bridgehead atoms. The molecule has 0 amide bonds. The van der Waals surface area contributed by atoms with E-state index < -0.39 is 0 Å². The van der Waals surface area contributed by atoms with Crippen LogP contribution in [0.2, 0.25) is 0 Å². The number of ketones is 1. The van der Waals surface area contributed by atoms with E-state index in [-0.39, 0.29) is 30.0 Å². The Morgan fingerprint density at radius 2 is 1.94 bits per heavy atom. The van der Waals surface area contributed by atoms with E-state index in [0.29, 0.717) is 40.2 Å². The number of pyridine rings is 3. The Kier molecular flexibility index (Phi) is 8.01. The number of carbonyl (C=O) groups is 1. The van der Waals surface area contributed by atoms with Gasteiger partial charge in [-0.05, 0) is 77.5 Å². The number of hydrogen-bond acceptors (Lipinski definition) is 8. The van der Waals surface area contributed by atoms with E-state index in [2.05, 4.69) is 25.5 Å². The first kappa shape index (κ1) is 25.3. The van der Waals surface area contributed by atoms with E-state index in [1.807, 2.05) is 40.9 Å². The highest BCUT2D eigenvalue weighted by atomic mass is 16.3. The van der Waals surface area contributed by atoms with E-state index in [0.717, 1.165) is 13.0 Å². The fourth-order valence-corrected chi connectivity index (χ4v) is 3.60. The number of carbonyl (C=O) groups excluding carboxylic acids is 1. The van der Waals surface area contributed by atoms with Gasteiger partial charge in [-0.25, -0.2) is 9.97 Å². The van der Waals surface area contributed by atoms with E-state index in [1.54, 1.807) is 30.6 Å². The van der Waals surface area contributed by atoms with Crippen molar-refractivity contribution in [1.29, 1.82) is 0 Å². The third-order valence-electron chi connectivity index (χ3n) is 5.14. The molecule has 0 radical (unpaired) electrons. The molecule has 34 heavy (non-hydrogen) atoms. The van der Waals surface area contributed by atoms with Crippen LogP contribution >= 0.6 is 0 Å². The molecular formula is C25H34N6O3. The van der Waals surface area contributed by atoms with Crippen LogP contribution in [0, 0.1) is 0 Å². The van der Waals surface area contributed by atoms with Gasteiger partial charge in [0.1, 0.15) is 17.5 Å². The lowest BCUT2D eigenvalue weighted by molar-refractivity contribution is 0.0977. The Hall–Kier alpha value is -3.30. The fourth-order valence-electron chi connectivity index (χ4n) is 3.60. The second-order valence-electron chi connectivity index (χ2n) is 9.62. The predicted molar refractivity (Wildman–Crippen MR) is 136 cm³/mol. The number of anilines is 3. The van der Waals surface area contributed by atoms with Crippen molar-refractivity contribution in [3.8, 4) is 0 Å². The van der Waals surface area contributed by atoms with Gasteiger partial charge in [-0.15, -0.1) is 0 Å². The summed E-state index contributed by atoms with van der Waals surface area (Å²) in [7, 11) is 3.97. The van der Waals surface area contributed by atoms with Gasteiger partial charge in [0.2, 0.25) is 0 Å². The lowest BCUT2D eigenvalue weighted by Crippen LogP contribution is -2.29. The lowest BCUT2D eigenvalue weighted by Gasteiger charge is -2.23. The van der Waals surface area contributed by atoms with E-state index in [9.17, 15) is 14.7 Å². The number of aliphatic hydroxyl groups excluding tert-OH is 1. The third-order valence-corrected chi connectivity index (χ3v) is 5.14. The first-order valence-corrected chi connectivity index (χ1v) is 11.4. The Labute approximate surface area is 199 Å². The van der Waals surface area contributed by atoms with Gasteiger partial charge in [-0.3, -0.25) is 9.59 Å². The Morgan fingerprint density at radius 1 is 1.18 bits per heavy atom. The minimum atomic E-state index is -0.334. The van der Waals surface area contributed by atoms with Crippen LogP contribution in [0.4, 0.5) is 17.5 Å². The normalized spacial score (nSPS) is 11.7. The number of fused-ring (bicyclic) bond motifs is 1. The van der Waals surface area contributed by atoms with Gasteiger partial charge in [-0.1, -0.05) is 0 Å². The maximum atomic E-state index is 13.0. The summed E-state index contributed by atoms with van der Waals surface area (Å²) in [5.41, 5.74) is 0.0394. The molecule has 0 atom stereocenters. The van der Waals surface area contributed by atoms with Crippen molar-refractivity contribution in [3.05, 3.63) is 52.6 Å². The number of aromatic nitrogens is 3. The molecule has 0 aliphatic carbocycles. The minimum absolute atomic E-state index is 0.0679. The van der Waals surface area contributed by atoms with Crippen molar-refractivity contribution in [2.45, 2.75) is 45.7 Å². The van der Waals surface area contributed by atoms with Crippen molar-refractivity contribution >= 4 is 34.0 Å². The van der Waals surface area contributed by atoms with Gasteiger partial charge < -0.3 is 25.2 Å². The van der Waals surface area contributed by atoms with E-state index in [1.165, 1.54) is 4.57 Å². The van der Waals surface area contributed by atoms with Crippen LogP contribution in [0.1, 0.15) is 44.0 Å². The number of rotatable bonds is 10.